The first-order valence-corrected chi connectivity index (χ1v) is 18.9. The molecule has 2 heteroatoms. The molecule has 1 aromatic heterocycles. The average molecular weight is 685 g/mol. The highest BCUT2D eigenvalue weighted by molar-refractivity contribution is 6.10. The van der Waals surface area contributed by atoms with Gasteiger partial charge in [0.1, 0.15) is 0 Å². The van der Waals surface area contributed by atoms with E-state index in [-0.39, 0.29) is 5.41 Å². The van der Waals surface area contributed by atoms with Gasteiger partial charge in [0, 0.05) is 45.7 Å². The molecule has 0 aliphatic heterocycles. The monoisotopic (exact) mass is 684 g/mol. The van der Waals surface area contributed by atoms with Crippen molar-refractivity contribution in [2.75, 3.05) is 11.4 Å². The fourth-order valence-corrected chi connectivity index (χ4v) is 8.78. The van der Waals surface area contributed by atoms with Crippen LogP contribution in [-0.4, -0.2) is 11.1 Å². The van der Waals surface area contributed by atoms with Crippen LogP contribution in [0.4, 0.5) is 5.69 Å². The fourth-order valence-electron chi connectivity index (χ4n) is 8.78. The molecule has 53 heavy (non-hydrogen) atoms. The number of fused-ring (bicyclic) bond motifs is 6. The molecule has 1 unspecified atom stereocenters. The van der Waals surface area contributed by atoms with Crippen LogP contribution in [0, 0.1) is 0 Å². The van der Waals surface area contributed by atoms with Gasteiger partial charge < -0.3 is 9.47 Å². The topological polar surface area (TPSA) is 8.17 Å². The van der Waals surface area contributed by atoms with Crippen molar-refractivity contribution in [3.63, 3.8) is 0 Å². The van der Waals surface area contributed by atoms with Gasteiger partial charge in [0.2, 0.25) is 0 Å². The van der Waals surface area contributed by atoms with E-state index in [1.165, 1.54) is 77.8 Å². The third kappa shape index (κ3) is 5.76. The fraction of sp³-hybridized carbons (Fsp3) is 0.137. The smallest absolute Gasteiger partial charge is 0.0541 e. The average Bonchev–Trinajstić information content (AvgIpc) is 3.66. The van der Waals surface area contributed by atoms with Gasteiger partial charge in [0.25, 0.3) is 0 Å². The molecule has 2 nitrogen and oxygen atoms in total. The van der Waals surface area contributed by atoms with Crippen LogP contribution < -0.4 is 4.90 Å². The molecular formula is C51H44N2. The normalized spacial score (nSPS) is 16.4. The lowest BCUT2D eigenvalue weighted by Crippen LogP contribution is -2.26. The highest BCUT2D eigenvalue weighted by atomic mass is 15.1. The molecule has 2 aliphatic carbocycles. The number of rotatable bonds is 8. The summed E-state index contributed by atoms with van der Waals surface area (Å²) < 4.78 is 2.40. The molecule has 0 saturated heterocycles. The molecule has 0 saturated carbocycles. The van der Waals surface area contributed by atoms with Gasteiger partial charge >= 0.3 is 0 Å². The Kier molecular flexibility index (Phi) is 8.32. The maximum absolute atomic E-state index is 2.48. The van der Waals surface area contributed by atoms with E-state index in [0.717, 1.165) is 13.0 Å². The van der Waals surface area contributed by atoms with E-state index < -0.39 is 0 Å². The van der Waals surface area contributed by atoms with Gasteiger partial charge in [-0.1, -0.05) is 153 Å². The summed E-state index contributed by atoms with van der Waals surface area (Å²) in [5.41, 5.74) is 15.5. The largest absolute Gasteiger partial charge is 0.338 e. The summed E-state index contributed by atoms with van der Waals surface area (Å²) in [4.78, 5) is 2.46. The molecule has 2 aliphatic rings. The first-order valence-electron chi connectivity index (χ1n) is 18.9. The number of aromatic nitrogens is 1. The summed E-state index contributed by atoms with van der Waals surface area (Å²) in [5, 5.41) is 2.52. The first kappa shape index (κ1) is 32.8. The minimum atomic E-state index is 0.0183. The van der Waals surface area contributed by atoms with Crippen molar-refractivity contribution in [3.05, 3.63) is 210 Å². The van der Waals surface area contributed by atoms with E-state index in [9.17, 15) is 0 Å². The predicted octanol–water partition coefficient (Wildman–Crippen LogP) is 13.2. The molecular weight excluding hydrogens is 641 g/mol. The molecule has 258 valence electrons. The third-order valence-electron chi connectivity index (χ3n) is 11.5. The Hall–Kier alpha value is -6.12. The maximum Gasteiger partial charge on any atom is 0.0541 e. The van der Waals surface area contributed by atoms with Crippen LogP contribution >= 0.6 is 0 Å². The number of nitrogens with zero attached hydrogens (tertiary/aromatic N) is 2. The highest BCUT2D eigenvalue weighted by Crippen LogP contribution is 2.53. The second kappa shape index (κ2) is 13.5. The summed E-state index contributed by atoms with van der Waals surface area (Å²) in [6, 6.07) is 55.1. The van der Waals surface area contributed by atoms with Crippen LogP contribution in [0.3, 0.4) is 0 Å². The van der Waals surface area contributed by atoms with Crippen LogP contribution in [0.1, 0.15) is 49.8 Å². The van der Waals surface area contributed by atoms with Crippen molar-refractivity contribution in [1.82, 2.24) is 4.57 Å². The lowest BCUT2D eigenvalue weighted by atomic mass is 9.78. The molecule has 1 heterocycles. The summed E-state index contributed by atoms with van der Waals surface area (Å²) in [6.07, 6.45) is 12.8. The Bertz CT molecular complexity index is 2580. The highest BCUT2D eigenvalue weighted by Gasteiger charge is 2.42. The Morgan fingerprint density at radius 3 is 2.19 bits per heavy atom. The minimum Gasteiger partial charge on any atom is -0.338 e. The van der Waals surface area contributed by atoms with E-state index in [0.29, 0.717) is 5.92 Å². The first-order chi connectivity index (χ1) is 26.0. The van der Waals surface area contributed by atoms with Crippen LogP contribution in [0.15, 0.2) is 193 Å². The predicted molar refractivity (Wildman–Crippen MR) is 226 cm³/mol. The van der Waals surface area contributed by atoms with Crippen LogP contribution in [0.25, 0.3) is 44.2 Å². The van der Waals surface area contributed by atoms with Crippen molar-refractivity contribution >= 4 is 33.1 Å². The molecule has 9 rings (SSSR count). The zero-order chi connectivity index (χ0) is 35.9. The second-order valence-electron chi connectivity index (χ2n) is 14.8. The van der Waals surface area contributed by atoms with E-state index in [4.69, 9.17) is 0 Å². The molecule has 0 amide bonds. The summed E-state index contributed by atoms with van der Waals surface area (Å²) in [7, 11) is 0. The van der Waals surface area contributed by atoms with Gasteiger partial charge in [-0.25, -0.2) is 0 Å². The van der Waals surface area contributed by atoms with Gasteiger partial charge in [0.05, 0.1) is 11.0 Å². The molecule has 0 radical (unpaired) electrons. The molecule has 0 bridgehead atoms. The van der Waals surface area contributed by atoms with Crippen molar-refractivity contribution in [2.45, 2.75) is 38.5 Å². The van der Waals surface area contributed by atoms with Gasteiger partial charge in [-0.05, 0) is 95.3 Å². The molecule has 0 fully saturated rings. The summed E-state index contributed by atoms with van der Waals surface area (Å²) >= 11 is 0. The zero-order valence-electron chi connectivity index (χ0n) is 30.7. The quantitative estimate of drug-likeness (QED) is 0.145. The second-order valence-corrected chi connectivity index (χ2v) is 14.8. The zero-order valence-corrected chi connectivity index (χ0v) is 30.7. The Morgan fingerprint density at radius 1 is 0.717 bits per heavy atom. The lowest BCUT2D eigenvalue weighted by molar-refractivity contribution is 0.609. The van der Waals surface area contributed by atoms with Crippen LogP contribution in [0.2, 0.25) is 0 Å². The third-order valence-corrected chi connectivity index (χ3v) is 11.5. The standard InChI is InChI=1S/C51H44N2/c1-4-36(18-15-33-52(40-19-9-6-10-20-40)42-30-31-44-43-21-11-13-23-47(43)51(2,3)48(44)35-42)39-27-32-50-46(34-39)45-22-12-14-24-49(45)53(50)41-28-25-38(26-29-41)37-16-7-5-8-17-37/h4-30,32,34-35,44H,31,33H2,1-3H3/b18-15-,36-4+. The van der Waals surface area contributed by atoms with Crippen molar-refractivity contribution < 1.29 is 0 Å². The minimum absolute atomic E-state index is 0.0183. The summed E-state index contributed by atoms with van der Waals surface area (Å²) in [6.45, 7) is 7.70. The molecule has 1 atom stereocenters. The van der Waals surface area contributed by atoms with Crippen LogP contribution in [0.5, 0.6) is 0 Å². The molecule has 0 N–H and O–H groups in total. The lowest BCUT2D eigenvalue weighted by Gasteiger charge is -2.32. The van der Waals surface area contributed by atoms with Crippen molar-refractivity contribution in [3.8, 4) is 16.8 Å². The molecule has 7 aromatic rings. The van der Waals surface area contributed by atoms with E-state index in [2.05, 4.69) is 212 Å². The van der Waals surface area contributed by atoms with E-state index >= 15 is 0 Å². The Morgan fingerprint density at radius 2 is 1.40 bits per heavy atom. The van der Waals surface area contributed by atoms with Gasteiger partial charge in [0.15, 0.2) is 0 Å². The number of para-hydroxylation sites is 2. The SMILES string of the molecule is C/C=C(\C=C/CN(C1=CCC2C(=C1)C(C)(C)c1ccccc12)c1ccccc1)c1ccc2c(c1)c1ccccc1n2-c1ccc(-c2ccccc2)cc1. The van der Waals surface area contributed by atoms with Crippen LogP contribution in [-0.2, 0) is 5.41 Å². The number of hydrogen-bond acceptors (Lipinski definition) is 1. The van der Waals surface area contributed by atoms with Gasteiger partial charge in [-0.15, -0.1) is 0 Å². The summed E-state index contributed by atoms with van der Waals surface area (Å²) in [5.74, 6) is 0.460. The molecule has 0 spiro atoms. The maximum atomic E-state index is 2.48. The van der Waals surface area contributed by atoms with Crippen molar-refractivity contribution in [1.29, 1.82) is 0 Å². The van der Waals surface area contributed by atoms with Gasteiger partial charge in [-0.3, -0.25) is 0 Å². The Balaban J connectivity index is 1.02. The van der Waals surface area contributed by atoms with Gasteiger partial charge in [-0.2, -0.15) is 0 Å². The number of hydrogen-bond donors (Lipinski definition) is 0. The number of benzene rings is 6. The van der Waals surface area contributed by atoms with E-state index in [1.807, 2.05) is 0 Å². The Labute approximate surface area is 313 Å². The van der Waals surface area contributed by atoms with E-state index in [1.54, 1.807) is 0 Å². The van der Waals surface area contributed by atoms with Crippen molar-refractivity contribution in [2.24, 2.45) is 0 Å². The number of anilines is 1. The number of allylic oxidation sites excluding steroid dienone is 6. The molecule has 6 aromatic carbocycles.